The van der Waals surface area contributed by atoms with Crippen LogP contribution in [-0.2, 0) is 4.79 Å². The fourth-order valence-corrected chi connectivity index (χ4v) is 3.19. The molecule has 0 fully saturated rings. The van der Waals surface area contributed by atoms with Gasteiger partial charge in [0.2, 0.25) is 0 Å². The Hall–Kier alpha value is -1.81. The van der Waals surface area contributed by atoms with Crippen molar-refractivity contribution in [2.24, 2.45) is 0 Å². The fraction of sp³-hybridized carbons (Fsp3) is 0.250. The van der Waals surface area contributed by atoms with Crippen LogP contribution in [0.1, 0.15) is 22.7 Å². The minimum atomic E-state index is -0.798. The molecule has 3 nitrogen and oxygen atoms in total. The van der Waals surface area contributed by atoms with E-state index in [-0.39, 0.29) is 0 Å². The largest absolute Gasteiger partial charge is 0.481 e. The summed E-state index contributed by atoms with van der Waals surface area (Å²) in [7, 11) is 0. The average Bonchev–Trinajstić information content (AvgIpc) is 2.38. The van der Waals surface area contributed by atoms with Gasteiger partial charge in [-0.15, -0.1) is 11.8 Å². The van der Waals surface area contributed by atoms with Crippen molar-refractivity contribution in [1.82, 2.24) is 4.98 Å². The maximum atomic E-state index is 11.4. The molecule has 1 N–H and O–H groups in total. The third kappa shape index (κ3) is 3.84. The predicted octanol–water partition coefficient (Wildman–Crippen LogP) is 3.66. The Labute approximate surface area is 123 Å². The number of aliphatic carboxylic acids is 1. The summed E-state index contributed by atoms with van der Waals surface area (Å²) in [6.45, 7) is 3.97. The number of aryl methyl sites for hydroxylation is 2. The molecule has 1 atom stereocenters. The molecule has 1 unspecified atom stereocenters. The minimum Gasteiger partial charge on any atom is -0.481 e. The molecule has 0 aliphatic rings. The lowest BCUT2D eigenvalue weighted by Crippen LogP contribution is -2.14. The lowest BCUT2D eigenvalue weighted by atomic mass is 10.0. The first-order chi connectivity index (χ1) is 9.56. The highest BCUT2D eigenvalue weighted by Gasteiger charge is 2.20. The molecule has 0 radical (unpaired) electrons. The average molecular weight is 287 g/mol. The lowest BCUT2D eigenvalue weighted by molar-refractivity contribution is -0.138. The zero-order chi connectivity index (χ0) is 14.5. The molecule has 2 aromatic rings. The van der Waals surface area contributed by atoms with Crippen LogP contribution in [0.3, 0.4) is 0 Å². The predicted molar refractivity (Wildman–Crippen MR) is 81.3 cm³/mol. The number of hydrogen-bond acceptors (Lipinski definition) is 3. The van der Waals surface area contributed by atoms with Gasteiger partial charge in [0.1, 0.15) is 0 Å². The second-order valence-corrected chi connectivity index (χ2v) is 5.78. The molecule has 0 aliphatic heterocycles. The summed E-state index contributed by atoms with van der Waals surface area (Å²) in [4.78, 5) is 15.9. The second-order valence-electron chi connectivity index (χ2n) is 4.74. The van der Waals surface area contributed by atoms with Gasteiger partial charge in [0, 0.05) is 11.4 Å². The van der Waals surface area contributed by atoms with E-state index in [0.717, 1.165) is 21.8 Å². The summed E-state index contributed by atoms with van der Waals surface area (Å²) in [6, 6.07) is 13.3. The normalized spacial score (nSPS) is 12.1. The fourth-order valence-electron chi connectivity index (χ4n) is 2.04. The van der Waals surface area contributed by atoms with E-state index in [9.17, 15) is 9.90 Å². The van der Waals surface area contributed by atoms with Crippen molar-refractivity contribution in [3.8, 4) is 0 Å². The van der Waals surface area contributed by atoms with Gasteiger partial charge in [-0.1, -0.05) is 30.3 Å². The molecular formula is C16H17NO2S. The molecule has 0 amide bonds. The van der Waals surface area contributed by atoms with Gasteiger partial charge < -0.3 is 5.11 Å². The molecule has 1 aromatic heterocycles. The van der Waals surface area contributed by atoms with Gasteiger partial charge in [0.25, 0.3) is 0 Å². The van der Waals surface area contributed by atoms with Crippen molar-refractivity contribution in [3.05, 3.63) is 59.3 Å². The van der Waals surface area contributed by atoms with E-state index in [4.69, 9.17) is 0 Å². The number of aromatic nitrogens is 1. The summed E-state index contributed by atoms with van der Waals surface area (Å²) in [5.74, 6) is -0.827. The zero-order valence-corrected chi connectivity index (χ0v) is 12.4. The van der Waals surface area contributed by atoms with Crippen molar-refractivity contribution in [1.29, 1.82) is 0 Å². The van der Waals surface area contributed by atoms with E-state index in [1.165, 1.54) is 11.8 Å². The maximum Gasteiger partial charge on any atom is 0.311 e. The molecular weight excluding hydrogens is 270 g/mol. The minimum absolute atomic E-state index is 0.481. The Balaban J connectivity index is 2.12. The number of pyridine rings is 1. The van der Waals surface area contributed by atoms with Crippen LogP contribution >= 0.6 is 11.8 Å². The Bertz CT molecular complexity index is 578. The van der Waals surface area contributed by atoms with Crippen molar-refractivity contribution in [2.45, 2.75) is 24.8 Å². The number of carbonyl (C=O) groups is 1. The Morgan fingerprint density at radius 1 is 1.25 bits per heavy atom. The van der Waals surface area contributed by atoms with Gasteiger partial charge in [0.15, 0.2) is 0 Å². The number of hydrogen-bond donors (Lipinski definition) is 1. The van der Waals surface area contributed by atoms with Crippen molar-refractivity contribution < 1.29 is 9.90 Å². The number of thioether (sulfide) groups is 1. The van der Waals surface area contributed by atoms with Crippen molar-refractivity contribution >= 4 is 17.7 Å². The van der Waals surface area contributed by atoms with Crippen LogP contribution in [0.5, 0.6) is 0 Å². The van der Waals surface area contributed by atoms with Crippen molar-refractivity contribution in [3.63, 3.8) is 0 Å². The van der Waals surface area contributed by atoms with Gasteiger partial charge in [-0.2, -0.15) is 0 Å². The number of rotatable bonds is 5. The second kappa shape index (κ2) is 6.57. The van der Waals surface area contributed by atoms with E-state index >= 15 is 0 Å². The lowest BCUT2D eigenvalue weighted by Gasteiger charge is -2.12. The van der Waals surface area contributed by atoms with E-state index in [0.29, 0.717) is 5.75 Å². The summed E-state index contributed by atoms with van der Waals surface area (Å²) in [5.41, 5.74) is 2.93. The van der Waals surface area contributed by atoms with Crippen LogP contribution in [0.4, 0.5) is 0 Å². The molecule has 1 heterocycles. The Kier molecular flexibility index (Phi) is 4.79. The summed E-state index contributed by atoms with van der Waals surface area (Å²) < 4.78 is 0. The van der Waals surface area contributed by atoms with Crippen molar-refractivity contribution in [2.75, 3.05) is 5.75 Å². The monoisotopic (exact) mass is 287 g/mol. The number of nitrogens with zero attached hydrogens (tertiary/aromatic N) is 1. The Morgan fingerprint density at radius 3 is 2.55 bits per heavy atom. The molecule has 1 aromatic carbocycles. The topological polar surface area (TPSA) is 50.2 Å². The molecule has 104 valence electrons. The van der Waals surface area contributed by atoms with Gasteiger partial charge in [-0.05, 0) is 37.1 Å². The molecule has 0 saturated carbocycles. The zero-order valence-electron chi connectivity index (χ0n) is 11.5. The molecule has 2 rings (SSSR count). The van der Waals surface area contributed by atoms with E-state index in [2.05, 4.69) is 4.98 Å². The van der Waals surface area contributed by atoms with Crippen LogP contribution in [0.25, 0.3) is 0 Å². The summed E-state index contributed by atoms with van der Waals surface area (Å²) >= 11 is 1.49. The highest BCUT2D eigenvalue weighted by atomic mass is 32.2. The van der Waals surface area contributed by atoms with E-state index in [1.807, 2.05) is 56.3 Å². The first kappa shape index (κ1) is 14.6. The number of carboxylic acids is 1. The highest BCUT2D eigenvalue weighted by Crippen LogP contribution is 2.26. The first-order valence-electron chi connectivity index (χ1n) is 6.42. The van der Waals surface area contributed by atoms with E-state index < -0.39 is 11.9 Å². The first-order valence-corrected chi connectivity index (χ1v) is 7.40. The highest BCUT2D eigenvalue weighted by molar-refractivity contribution is 7.99. The van der Waals surface area contributed by atoms with Crippen LogP contribution < -0.4 is 0 Å². The molecule has 0 saturated heterocycles. The number of benzene rings is 1. The maximum absolute atomic E-state index is 11.4. The van der Waals surface area contributed by atoms with Gasteiger partial charge in [-0.25, -0.2) is 4.98 Å². The SMILES string of the molecule is Cc1cc(C)nc(SCC(C(=O)O)c2ccccc2)c1. The van der Waals surface area contributed by atoms with Gasteiger partial charge >= 0.3 is 5.97 Å². The van der Waals surface area contributed by atoms with Gasteiger partial charge in [0.05, 0.1) is 10.9 Å². The third-order valence-electron chi connectivity index (χ3n) is 2.97. The number of carboxylic acid groups (broad SMARTS) is 1. The molecule has 4 heteroatoms. The van der Waals surface area contributed by atoms with Gasteiger partial charge in [-0.3, -0.25) is 4.79 Å². The van der Waals surface area contributed by atoms with E-state index in [1.54, 1.807) is 0 Å². The molecule has 0 bridgehead atoms. The standard InChI is InChI=1S/C16H17NO2S/c1-11-8-12(2)17-15(9-11)20-10-14(16(18)19)13-6-4-3-5-7-13/h3-9,14H,10H2,1-2H3,(H,18,19). The molecule has 0 aliphatic carbocycles. The van der Waals surface area contributed by atoms with Crippen LogP contribution in [-0.4, -0.2) is 21.8 Å². The van der Waals surface area contributed by atoms with Crippen LogP contribution in [0, 0.1) is 13.8 Å². The summed E-state index contributed by atoms with van der Waals surface area (Å²) in [5, 5.41) is 10.3. The summed E-state index contributed by atoms with van der Waals surface area (Å²) in [6.07, 6.45) is 0. The molecule has 20 heavy (non-hydrogen) atoms. The molecule has 0 spiro atoms. The van der Waals surface area contributed by atoms with Crippen LogP contribution in [0.2, 0.25) is 0 Å². The van der Waals surface area contributed by atoms with Crippen LogP contribution in [0.15, 0.2) is 47.5 Å². The third-order valence-corrected chi connectivity index (χ3v) is 3.98. The Morgan fingerprint density at radius 2 is 1.95 bits per heavy atom. The quantitative estimate of drug-likeness (QED) is 0.853. The smallest absolute Gasteiger partial charge is 0.311 e.